The molecule has 1 N–H and O–H groups in total. The van der Waals surface area contributed by atoms with Gasteiger partial charge in [-0.3, -0.25) is 9.48 Å². The maximum Gasteiger partial charge on any atom is 0.257 e. The Kier molecular flexibility index (Phi) is 4.57. The van der Waals surface area contributed by atoms with Gasteiger partial charge in [0.25, 0.3) is 5.91 Å². The van der Waals surface area contributed by atoms with Gasteiger partial charge in [0.2, 0.25) is 0 Å². The first kappa shape index (κ1) is 16.3. The van der Waals surface area contributed by atoms with Crippen LogP contribution in [0.15, 0.2) is 18.6 Å². The molecule has 1 amide bonds. The van der Waals surface area contributed by atoms with Gasteiger partial charge in [0.15, 0.2) is 0 Å². The van der Waals surface area contributed by atoms with Gasteiger partial charge in [-0.05, 0) is 25.7 Å². The number of hydrogen-bond acceptors (Lipinski definition) is 4. The summed E-state index contributed by atoms with van der Waals surface area (Å²) in [6.07, 6.45) is 9.45. The van der Waals surface area contributed by atoms with Crippen molar-refractivity contribution in [3.8, 4) is 0 Å². The largest absolute Gasteiger partial charge is 0.381 e. The van der Waals surface area contributed by atoms with E-state index in [1.165, 1.54) is 0 Å². The number of aromatic amines is 1. The minimum Gasteiger partial charge on any atom is -0.381 e. The van der Waals surface area contributed by atoms with Crippen molar-refractivity contribution >= 4 is 5.91 Å². The number of carbonyl (C=O) groups excluding carboxylic acids is 1. The van der Waals surface area contributed by atoms with Gasteiger partial charge in [0.05, 0.1) is 11.3 Å². The molecule has 0 radical (unpaired) electrons. The van der Waals surface area contributed by atoms with Crippen molar-refractivity contribution in [2.45, 2.75) is 37.5 Å². The molecule has 4 rings (SSSR count). The molecule has 25 heavy (non-hydrogen) atoms. The van der Waals surface area contributed by atoms with Crippen LogP contribution in [0, 0.1) is 0 Å². The van der Waals surface area contributed by atoms with Gasteiger partial charge in [0.1, 0.15) is 5.82 Å². The lowest BCUT2D eigenvalue weighted by Gasteiger charge is -2.32. The molecule has 2 aliphatic rings. The molecule has 0 aromatic carbocycles. The average molecular weight is 343 g/mol. The molecule has 1 unspecified atom stereocenters. The summed E-state index contributed by atoms with van der Waals surface area (Å²) < 4.78 is 7.23. The summed E-state index contributed by atoms with van der Waals surface area (Å²) in [4.78, 5) is 22.7. The molecule has 2 fully saturated rings. The van der Waals surface area contributed by atoms with E-state index in [1.807, 2.05) is 24.3 Å². The lowest BCUT2D eigenvalue weighted by molar-refractivity contribution is 0.0693. The number of nitrogens with zero attached hydrogens (tertiary/aromatic N) is 4. The zero-order valence-corrected chi connectivity index (χ0v) is 14.6. The average Bonchev–Trinajstić information content (AvgIpc) is 3.32. The van der Waals surface area contributed by atoms with Crippen LogP contribution in [0.1, 0.15) is 59.4 Å². The quantitative estimate of drug-likeness (QED) is 0.925. The Labute approximate surface area is 147 Å². The lowest BCUT2D eigenvalue weighted by Crippen LogP contribution is -2.39. The number of likely N-dealkylation sites (tertiary alicyclic amines) is 1. The number of nitrogens with one attached hydrogen (secondary N) is 1. The molecule has 0 aliphatic carbocycles. The number of ether oxygens (including phenoxy) is 1. The van der Waals surface area contributed by atoms with E-state index in [0.717, 1.165) is 62.5 Å². The van der Waals surface area contributed by atoms with Crippen LogP contribution in [-0.2, 0) is 11.8 Å². The third-order valence-electron chi connectivity index (χ3n) is 5.31. The first-order valence-electron chi connectivity index (χ1n) is 9.12. The second-order valence-corrected chi connectivity index (χ2v) is 7.05. The van der Waals surface area contributed by atoms with Crippen molar-refractivity contribution in [3.63, 3.8) is 0 Å². The molecule has 7 nitrogen and oxygen atoms in total. The van der Waals surface area contributed by atoms with Crippen molar-refractivity contribution < 1.29 is 9.53 Å². The SMILES string of the molecule is Cn1cc(C(=O)N2CCCC(c3ncc[nH]3)C2)c(C2CCOCC2)n1. The van der Waals surface area contributed by atoms with Gasteiger partial charge in [-0.1, -0.05) is 0 Å². The summed E-state index contributed by atoms with van der Waals surface area (Å²) in [6.45, 7) is 3.02. The summed E-state index contributed by atoms with van der Waals surface area (Å²) in [5.74, 6) is 1.69. The molecule has 2 saturated heterocycles. The number of hydrogen-bond donors (Lipinski definition) is 1. The van der Waals surface area contributed by atoms with Crippen molar-refractivity contribution in [3.05, 3.63) is 35.7 Å². The van der Waals surface area contributed by atoms with E-state index in [0.29, 0.717) is 12.5 Å². The van der Waals surface area contributed by atoms with Crippen LogP contribution in [-0.4, -0.2) is 56.9 Å². The van der Waals surface area contributed by atoms with Crippen LogP contribution < -0.4 is 0 Å². The third-order valence-corrected chi connectivity index (χ3v) is 5.31. The Hall–Kier alpha value is -2.15. The maximum absolute atomic E-state index is 13.2. The fourth-order valence-corrected chi connectivity index (χ4v) is 4.00. The number of amides is 1. The maximum atomic E-state index is 13.2. The molecular formula is C18H25N5O2. The van der Waals surface area contributed by atoms with Crippen LogP contribution in [0.4, 0.5) is 0 Å². The Balaban J connectivity index is 1.54. The Morgan fingerprint density at radius 2 is 2.12 bits per heavy atom. The van der Waals surface area contributed by atoms with Crippen LogP contribution in [0.25, 0.3) is 0 Å². The molecule has 0 saturated carbocycles. The topological polar surface area (TPSA) is 76.0 Å². The molecule has 2 aromatic heterocycles. The van der Waals surface area contributed by atoms with Gasteiger partial charge in [-0.2, -0.15) is 5.10 Å². The van der Waals surface area contributed by atoms with E-state index < -0.39 is 0 Å². The normalized spacial score (nSPS) is 22.3. The van der Waals surface area contributed by atoms with E-state index >= 15 is 0 Å². The highest BCUT2D eigenvalue weighted by Gasteiger charge is 2.31. The highest BCUT2D eigenvalue weighted by Crippen LogP contribution is 2.31. The second kappa shape index (κ2) is 7.00. The molecule has 134 valence electrons. The fraction of sp³-hybridized carbons (Fsp3) is 0.611. The van der Waals surface area contributed by atoms with E-state index in [-0.39, 0.29) is 11.8 Å². The van der Waals surface area contributed by atoms with E-state index in [1.54, 1.807) is 10.9 Å². The second-order valence-electron chi connectivity index (χ2n) is 7.05. The summed E-state index contributed by atoms with van der Waals surface area (Å²) in [6, 6.07) is 0. The first-order valence-corrected chi connectivity index (χ1v) is 9.12. The minimum atomic E-state index is 0.103. The van der Waals surface area contributed by atoms with Crippen LogP contribution in [0.3, 0.4) is 0 Å². The molecular weight excluding hydrogens is 318 g/mol. The van der Waals surface area contributed by atoms with Crippen molar-refractivity contribution in [1.29, 1.82) is 0 Å². The summed E-state index contributed by atoms with van der Waals surface area (Å²) >= 11 is 0. The molecule has 0 spiro atoms. The first-order chi connectivity index (χ1) is 12.2. The highest BCUT2D eigenvalue weighted by atomic mass is 16.5. The number of aromatic nitrogens is 4. The number of carbonyl (C=O) groups is 1. The van der Waals surface area contributed by atoms with Crippen molar-refractivity contribution in [2.75, 3.05) is 26.3 Å². The number of H-pyrrole nitrogens is 1. The molecule has 1 atom stereocenters. The standard InChI is InChI=1S/C18H25N5O2/c1-22-12-15(16(21-22)13-4-9-25-10-5-13)18(24)23-8-2-3-14(11-23)17-19-6-7-20-17/h6-7,12-14H,2-5,8-11H2,1H3,(H,19,20). The number of imidazole rings is 1. The number of rotatable bonds is 3. The fourth-order valence-electron chi connectivity index (χ4n) is 4.00. The van der Waals surface area contributed by atoms with Crippen LogP contribution >= 0.6 is 0 Å². The predicted molar refractivity (Wildman–Crippen MR) is 92.5 cm³/mol. The molecule has 2 aliphatic heterocycles. The van der Waals surface area contributed by atoms with Gasteiger partial charge < -0.3 is 14.6 Å². The highest BCUT2D eigenvalue weighted by molar-refractivity contribution is 5.95. The Morgan fingerprint density at radius 1 is 1.28 bits per heavy atom. The van der Waals surface area contributed by atoms with E-state index in [9.17, 15) is 4.79 Å². The monoisotopic (exact) mass is 343 g/mol. The van der Waals surface area contributed by atoms with Crippen LogP contribution in [0.2, 0.25) is 0 Å². The molecule has 4 heterocycles. The van der Waals surface area contributed by atoms with E-state index in [4.69, 9.17) is 4.74 Å². The zero-order chi connectivity index (χ0) is 17.2. The summed E-state index contributed by atoms with van der Waals surface area (Å²) in [5.41, 5.74) is 1.70. The molecule has 7 heteroatoms. The molecule has 0 bridgehead atoms. The smallest absolute Gasteiger partial charge is 0.257 e. The number of aryl methyl sites for hydroxylation is 1. The van der Waals surface area contributed by atoms with E-state index in [2.05, 4.69) is 15.1 Å². The minimum absolute atomic E-state index is 0.103. The number of piperidine rings is 1. The zero-order valence-electron chi connectivity index (χ0n) is 14.6. The van der Waals surface area contributed by atoms with Crippen molar-refractivity contribution in [2.24, 2.45) is 7.05 Å². The van der Waals surface area contributed by atoms with Gasteiger partial charge in [-0.15, -0.1) is 0 Å². The Morgan fingerprint density at radius 3 is 2.88 bits per heavy atom. The van der Waals surface area contributed by atoms with Crippen LogP contribution in [0.5, 0.6) is 0 Å². The van der Waals surface area contributed by atoms with Gasteiger partial charge >= 0.3 is 0 Å². The molecule has 2 aromatic rings. The third kappa shape index (κ3) is 3.33. The van der Waals surface area contributed by atoms with Gasteiger partial charge in [0, 0.05) is 63.8 Å². The lowest BCUT2D eigenvalue weighted by atomic mass is 9.92. The predicted octanol–water partition coefficient (Wildman–Crippen LogP) is 2.06. The van der Waals surface area contributed by atoms with Gasteiger partial charge in [-0.25, -0.2) is 4.98 Å². The van der Waals surface area contributed by atoms with Crippen molar-refractivity contribution in [1.82, 2.24) is 24.6 Å². The Bertz CT molecular complexity index is 718. The summed E-state index contributed by atoms with van der Waals surface area (Å²) in [7, 11) is 1.89. The summed E-state index contributed by atoms with van der Waals surface area (Å²) in [5, 5.41) is 4.61.